The largest absolute Gasteiger partial charge is 0.472 e. The molecule has 0 rings (SSSR count). The summed E-state index contributed by atoms with van der Waals surface area (Å²) in [6.07, 6.45) is 75.5. The Hall–Kier alpha value is -3.36. The molecule has 3 unspecified atom stereocenters. The average Bonchev–Trinajstić information content (AvgIpc) is 3.31. The van der Waals surface area contributed by atoms with Gasteiger partial charge in [-0.2, -0.15) is 0 Å². The van der Waals surface area contributed by atoms with E-state index >= 15 is 0 Å². The molecule has 0 heterocycles. The van der Waals surface area contributed by atoms with Crippen molar-refractivity contribution in [1.82, 2.24) is 5.32 Å². The summed E-state index contributed by atoms with van der Waals surface area (Å²) in [7, 11) is 1.49. The summed E-state index contributed by atoms with van der Waals surface area (Å²) in [5.41, 5.74) is 0. The molecule has 0 saturated carbocycles. The van der Waals surface area contributed by atoms with Crippen molar-refractivity contribution in [2.24, 2.45) is 0 Å². The topological polar surface area (TPSA) is 105 Å². The Morgan fingerprint density at radius 1 is 0.507 bits per heavy atom. The molecule has 0 fully saturated rings. The number of nitrogens with zero attached hydrogens (tertiary/aromatic N) is 1. The Bertz CT molecular complexity index is 1580. The number of aliphatic hydroxyl groups excluding tert-OH is 1. The minimum Gasteiger partial charge on any atom is -0.387 e. The van der Waals surface area contributed by atoms with Gasteiger partial charge in [-0.15, -0.1) is 0 Å². The predicted molar refractivity (Wildman–Crippen MR) is 299 cm³/mol. The third kappa shape index (κ3) is 52.3. The van der Waals surface area contributed by atoms with Gasteiger partial charge in [0.2, 0.25) is 5.91 Å². The molecule has 9 heteroatoms. The molecule has 0 aliphatic heterocycles. The van der Waals surface area contributed by atoms with Crippen molar-refractivity contribution in [3.8, 4) is 0 Å². The summed E-state index contributed by atoms with van der Waals surface area (Å²) in [5.74, 6) is -0.239. The third-order valence-corrected chi connectivity index (χ3v) is 12.1. The van der Waals surface area contributed by atoms with Crippen LogP contribution in [0.3, 0.4) is 0 Å². The number of phosphoric ester groups is 1. The van der Waals surface area contributed by atoms with E-state index in [1.807, 2.05) is 27.2 Å². The number of rotatable bonds is 47. The lowest BCUT2D eigenvalue weighted by Crippen LogP contribution is -2.45. The van der Waals surface area contributed by atoms with Crippen molar-refractivity contribution in [1.29, 1.82) is 0 Å². The lowest BCUT2D eigenvalue weighted by molar-refractivity contribution is -0.870. The van der Waals surface area contributed by atoms with E-state index in [0.29, 0.717) is 17.4 Å². The first-order chi connectivity index (χ1) is 33.5. The zero-order valence-corrected chi connectivity index (χ0v) is 45.4. The van der Waals surface area contributed by atoms with Crippen LogP contribution in [0, 0.1) is 0 Å². The van der Waals surface area contributed by atoms with Crippen LogP contribution in [0.5, 0.6) is 0 Å². The van der Waals surface area contributed by atoms with Crippen LogP contribution in [0.15, 0.2) is 134 Å². The van der Waals surface area contributed by atoms with E-state index in [4.69, 9.17) is 9.05 Å². The number of hydrogen-bond donors (Lipinski definition) is 3. The van der Waals surface area contributed by atoms with Crippen LogP contribution in [0.1, 0.15) is 187 Å². The van der Waals surface area contributed by atoms with E-state index in [1.165, 1.54) is 70.6 Å². The first kappa shape index (κ1) is 65.6. The first-order valence-electron chi connectivity index (χ1n) is 27.1. The number of unbranched alkanes of at least 4 members (excludes halogenated alkanes) is 14. The van der Waals surface area contributed by atoms with E-state index in [0.717, 1.165) is 89.9 Å². The summed E-state index contributed by atoms with van der Waals surface area (Å²) in [6, 6.07) is -0.904. The standard InChI is InChI=1S/C60H101N2O6P/c1-6-8-10-12-14-16-18-20-22-24-26-28-29-30-31-32-33-34-36-38-40-42-44-46-48-50-52-54-60(64)61-58(57-68-69(65,66)67-56-55-62(3,4)5)59(63)53-51-49-47-45-43-41-39-37-35-27-25-23-21-19-17-15-13-11-9-7-2/h8,10,14,16,20,22,26,28,30-31,33-35,37-38,40,43-46,51,53,58-59,63H,6-7,9,11-13,15,17-19,21,23-25,27,29,32,36,39,41-42,47-50,52,54-57H2,1-5H3,(H-,61,64,65,66)/p+1/b10-8-,16-14-,22-20-,28-26-,31-30-,34-33-,37-35+,40-38-,45-43+,46-44-,53-51+. The molecule has 8 nitrogen and oxygen atoms in total. The normalized spacial score (nSPS) is 15.1. The van der Waals surface area contributed by atoms with Gasteiger partial charge in [0.1, 0.15) is 13.2 Å². The minimum absolute atomic E-state index is 0.0367. The molecule has 0 aliphatic carbocycles. The molecule has 0 aromatic rings. The van der Waals surface area contributed by atoms with Crippen molar-refractivity contribution in [3.63, 3.8) is 0 Å². The van der Waals surface area contributed by atoms with Gasteiger partial charge in [-0.05, 0) is 109 Å². The zero-order chi connectivity index (χ0) is 50.6. The molecular weight excluding hydrogens is 876 g/mol. The van der Waals surface area contributed by atoms with E-state index in [1.54, 1.807) is 6.08 Å². The quantitative estimate of drug-likeness (QED) is 0.0243. The average molecular weight is 978 g/mol. The van der Waals surface area contributed by atoms with Gasteiger partial charge in [0, 0.05) is 6.42 Å². The molecule has 69 heavy (non-hydrogen) atoms. The fourth-order valence-electron chi connectivity index (χ4n) is 6.85. The smallest absolute Gasteiger partial charge is 0.387 e. The summed E-state index contributed by atoms with van der Waals surface area (Å²) < 4.78 is 23.6. The van der Waals surface area contributed by atoms with E-state index in [-0.39, 0.29) is 25.5 Å². The summed E-state index contributed by atoms with van der Waals surface area (Å²) in [5, 5.41) is 13.8. The molecular formula is C60H102N2O6P+. The van der Waals surface area contributed by atoms with Gasteiger partial charge in [0.15, 0.2) is 0 Å². The van der Waals surface area contributed by atoms with Crippen LogP contribution in [-0.4, -0.2) is 73.4 Å². The van der Waals surface area contributed by atoms with Crippen molar-refractivity contribution in [2.75, 3.05) is 40.9 Å². The number of amides is 1. The highest BCUT2D eigenvalue weighted by Gasteiger charge is 2.27. The molecule has 392 valence electrons. The SMILES string of the molecule is CC/C=C\C/C=C\C/C=C\C/C=C\C/C=C\C/C=C\C/C=C\C/C=C\CCCCC(=O)NC(COP(=O)(O)OCC[N+](C)(C)C)C(O)/C=C/CC/C=C/CC/C=C/CCCCCCCCCCCC. The zero-order valence-electron chi connectivity index (χ0n) is 44.5. The number of aliphatic hydroxyl groups is 1. The third-order valence-electron chi connectivity index (χ3n) is 11.1. The molecule has 0 aliphatic rings. The summed E-state index contributed by atoms with van der Waals surface area (Å²) in [6.45, 7) is 4.62. The predicted octanol–water partition coefficient (Wildman–Crippen LogP) is 16.4. The van der Waals surface area contributed by atoms with Gasteiger partial charge >= 0.3 is 7.82 Å². The molecule has 0 aromatic carbocycles. The Morgan fingerprint density at radius 2 is 0.884 bits per heavy atom. The van der Waals surface area contributed by atoms with Crippen LogP contribution in [0.2, 0.25) is 0 Å². The number of phosphoric acid groups is 1. The fraction of sp³-hybridized carbons (Fsp3) is 0.617. The highest BCUT2D eigenvalue weighted by molar-refractivity contribution is 7.47. The molecule has 3 N–H and O–H groups in total. The second-order valence-electron chi connectivity index (χ2n) is 18.8. The lowest BCUT2D eigenvalue weighted by Gasteiger charge is -2.25. The number of quaternary nitrogens is 1. The Balaban J connectivity index is 4.48. The summed E-state index contributed by atoms with van der Waals surface area (Å²) in [4.78, 5) is 23.2. The molecule has 0 spiro atoms. The van der Waals surface area contributed by atoms with Crippen molar-refractivity contribution >= 4 is 13.7 Å². The first-order valence-corrected chi connectivity index (χ1v) is 28.6. The number of hydrogen-bond acceptors (Lipinski definition) is 5. The highest BCUT2D eigenvalue weighted by Crippen LogP contribution is 2.43. The van der Waals surface area contributed by atoms with Crippen LogP contribution >= 0.6 is 7.82 Å². The molecule has 0 saturated heterocycles. The maximum atomic E-state index is 12.9. The van der Waals surface area contributed by atoms with Crippen molar-refractivity contribution in [2.45, 2.75) is 199 Å². The van der Waals surface area contributed by atoms with E-state index < -0.39 is 20.0 Å². The number of nitrogens with one attached hydrogen (secondary N) is 1. The molecule has 0 bridgehead atoms. The number of likely N-dealkylation sites (N-methyl/N-ethyl adjacent to an activating group) is 1. The van der Waals surface area contributed by atoms with Gasteiger partial charge in [0.05, 0.1) is 39.9 Å². The van der Waals surface area contributed by atoms with Crippen LogP contribution < -0.4 is 5.32 Å². The molecule has 0 radical (unpaired) electrons. The van der Waals surface area contributed by atoms with Gasteiger partial charge in [-0.3, -0.25) is 13.8 Å². The fourth-order valence-corrected chi connectivity index (χ4v) is 7.59. The second kappa shape index (κ2) is 49.6. The Labute approximate surface area is 424 Å². The molecule has 1 amide bonds. The monoisotopic (exact) mass is 978 g/mol. The van der Waals surface area contributed by atoms with Gasteiger partial charge in [-0.25, -0.2) is 4.57 Å². The van der Waals surface area contributed by atoms with Crippen LogP contribution in [0.25, 0.3) is 0 Å². The van der Waals surface area contributed by atoms with Crippen molar-refractivity contribution in [3.05, 3.63) is 134 Å². The summed E-state index contributed by atoms with van der Waals surface area (Å²) >= 11 is 0. The van der Waals surface area contributed by atoms with Gasteiger partial charge in [0.25, 0.3) is 0 Å². The highest BCUT2D eigenvalue weighted by atomic mass is 31.2. The lowest BCUT2D eigenvalue weighted by atomic mass is 10.1. The Morgan fingerprint density at radius 3 is 1.33 bits per heavy atom. The van der Waals surface area contributed by atoms with E-state index in [2.05, 4.69) is 141 Å². The van der Waals surface area contributed by atoms with Gasteiger partial charge < -0.3 is 19.8 Å². The van der Waals surface area contributed by atoms with Crippen LogP contribution in [0.4, 0.5) is 0 Å². The Kier molecular flexibility index (Phi) is 47.2. The van der Waals surface area contributed by atoms with E-state index in [9.17, 15) is 19.4 Å². The van der Waals surface area contributed by atoms with Crippen molar-refractivity contribution < 1.29 is 32.9 Å². The second-order valence-corrected chi connectivity index (χ2v) is 20.3. The molecule has 0 aromatic heterocycles. The van der Waals surface area contributed by atoms with Crippen LogP contribution in [-0.2, 0) is 18.4 Å². The minimum atomic E-state index is -4.38. The maximum Gasteiger partial charge on any atom is 0.472 e. The maximum absolute atomic E-state index is 12.9. The molecule has 3 atom stereocenters. The number of carbonyl (C=O) groups excluding carboxylic acids is 1. The van der Waals surface area contributed by atoms with Gasteiger partial charge in [-0.1, -0.05) is 205 Å². The number of carbonyl (C=O) groups is 1. The number of allylic oxidation sites excluding steroid dienone is 21.